The van der Waals surface area contributed by atoms with Gasteiger partial charge < -0.3 is 10.6 Å². The number of thioether (sulfide) groups is 1. The number of hydrogen-bond donors (Lipinski definition) is 1. The van der Waals surface area contributed by atoms with Gasteiger partial charge in [-0.05, 0) is 26.0 Å². The van der Waals surface area contributed by atoms with Crippen LogP contribution >= 0.6 is 11.8 Å². The number of aromatic nitrogens is 1. The zero-order valence-corrected chi connectivity index (χ0v) is 11.7. The Morgan fingerprint density at radius 2 is 2.28 bits per heavy atom. The van der Waals surface area contributed by atoms with E-state index in [0.29, 0.717) is 24.7 Å². The van der Waals surface area contributed by atoms with Crippen molar-refractivity contribution in [1.82, 2.24) is 9.88 Å². The zero-order valence-electron chi connectivity index (χ0n) is 10.8. The number of rotatable bonds is 6. The van der Waals surface area contributed by atoms with Crippen LogP contribution in [-0.2, 0) is 4.79 Å². The summed E-state index contributed by atoms with van der Waals surface area (Å²) in [7, 11) is 0. The Hall–Kier alpha value is -1.49. The van der Waals surface area contributed by atoms with Crippen molar-refractivity contribution in [3.8, 4) is 0 Å². The molecule has 0 aliphatic carbocycles. The van der Waals surface area contributed by atoms with E-state index in [2.05, 4.69) is 11.6 Å². The van der Waals surface area contributed by atoms with Crippen molar-refractivity contribution in [3.63, 3.8) is 0 Å². The number of nitrogens with zero attached hydrogens (tertiary/aromatic N) is 2. The molecule has 5 heteroatoms. The lowest BCUT2D eigenvalue weighted by Crippen LogP contribution is -2.33. The molecule has 0 bridgehead atoms. The van der Waals surface area contributed by atoms with E-state index in [0.717, 1.165) is 10.5 Å². The topological polar surface area (TPSA) is 59.2 Å². The van der Waals surface area contributed by atoms with E-state index < -0.39 is 0 Å². The van der Waals surface area contributed by atoms with Crippen LogP contribution in [0.3, 0.4) is 0 Å². The smallest absolute Gasteiger partial charge is 0.233 e. The maximum Gasteiger partial charge on any atom is 0.233 e. The Balaban J connectivity index is 2.49. The minimum atomic E-state index is 0.113. The summed E-state index contributed by atoms with van der Waals surface area (Å²) in [6.45, 7) is 9.04. The molecule has 0 aliphatic rings. The molecule has 1 rings (SSSR count). The molecule has 0 saturated carbocycles. The van der Waals surface area contributed by atoms with Crippen LogP contribution in [0.15, 0.2) is 35.4 Å². The summed E-state index contributed by atoms with van der Waals surface area (Å²) < 4.78 is 0. The average molecular weight is 265 g/mol. The fourth-order valence-electron chi connectivity index (χ4n) is 1.42. The third-order valence-electron chi connectivity index (χ3n) is 2.32. The summed E-state index contributed by atoms with van der Waals surface area (Å²) in [6, 6.07) is 3.60. The molecule has 0 aliphatic heterocycles. The Kier molecular flexibility index (Phi) is 5.71. The molecule has 1 heterocycles. The van der Waals surface area contributed by atoms with Gasteiger partial charge in [0.05, 0.1) is 5.75 Å². The number of hydrogen-bond acceptors (Lipinski definition) is 4. The summed E-state index contributed by atoms with van der Waals surface area (Å²) in [4.78, 5) is 18.7. The van der Waals surface area contributed by atoms with Gasteiger partial charge in [-0.2, -0.15) is 0 Å². The van der Waals surface area contributed by atoms with E-state index in [1.165, 1.54) is 11.8 Å². The SMILES string of the molecule is C=C(C)CN(CC)C(=O)CSc1ccc(N)nc1. The maximum absolute atomic E-state index is 12.0. The van der Waals surface area contributed by atoms with Crippen LogP contribution in [0.25, 0.3) is 0 Å². The van der Waals surface area contributed by atoms with E-state index in [9.17, 15) is 4.79 Å². The van der Waals surface area contributed by atoms with E-state index in [1.54, 1.807) is 17.2 Å². The van der Waals surface area contributed by atoms with Crippen molar-refractivity contribution in [3.05, 3.63) is 30.5 Å². The predicted octanol–water partition coefficient (Wildman–Crippen LogP) is 2.18. The van der Waals surface area contributed by atoms with E-state index >= 15 is 0 Å². The molecule has 0 fully saturated rings. The number of anilines is 1. The molecule has 0 radical (unpaired) electrons. The highest BCUT2D eigenvalue weighted by atomic mass is 32.2. The quantitative estimate of drug-likeness (QED) is 0.632. The lowest BCUT2D eigenvalue weighted by molar-refractivity contribution is -0.127. The highest BCUT2D eigenvalue weighted by molar-refractivity contribution is 8.00. The Morgan fingerprint density at radius 3 is 2.78 bits per heavy atom. The van der Waals surface area contributed by atoms with Gasteiger partial charge in [-0.3, -0.25) is 4.79 Å². The second-order valence-corrected chi connectivity index (χ2v) is 5.12. The van der Waals surface area contributed by atoms with E-state index in [-0.39, 0.29) is 5.91 Å². The molecular weight excluding hydrogens is 246 g/mol. The normalized spacial score (nSPS) is 10.1. The number of nitrogens with two attached hydrogens (primary N) is 1. The fourth-order valence-corrected chi connectivity index (χ4v) is 2.18. The first-order chi connectivity index (χ1) is 8.52. The fraction of sp³-hybridized carbons (Fsp3) is 0.385. The van der Waals surface area contributed by atoms with Crippen LogP contribution in [0.5, 0.6) is 0 Å². The second-order valence-electron chi connectivity index (χ2n) is 4.07. The maximum atomic E-state index is 12.0. The van der Waals surface area contributed by atoms with Crippen molar-refractivity contribution >= 4 is 23.5 Å². The van der Waals surface area contributed by atoms with Crippen molar-refractivity contribution in [2.24, 2.45) is 0 Å². The first-order valence-electron chi connectivity index (χ1n) is 5.79. The van der Waals surface area contributed by atoms with Gasteiger partial charge in [0.2, 0.25) is 5.91 Å². The van der Waals surface area contributed by atoms with Gasteiger partial charge in [-0.1, -0.05) is 12.2 Å². The molecular formula is C13H19N3OS. The minimum Gasteiger partial charge on any atom is -0.384 e. The van der Waals surface area contributed by atoms with Gasteiger partial charge in [0.25, 0.3) is 0 Å². The summed E-state index contributed by atoms with van der Waals surface area (Å²) in [5, 5.41) is 0. The van der Waals surface area contributed by atoms with Gasteiger partial charge >= 0.3 is 0 Å². The molecule has 1 aromatic rings. The lowest BCUT2D eigenvalue weighted by Gasteiger charge is -2.20. The molecule has 4 nitrogen and oxygen atoms in total. The molecule has 0 spiro atoms. The third-order valence-corrected chi connectivity index (χ3v) is 3.28. The number of amides is 1. The number of carbonyl (C=O) groups excluding carboxylic acids is 1. The van der Waals surface area contributed by atoms with Crippen LogP contribution in [0.4, 0.5) is 5.82 Å². The van der Waals surface area contributed by atoms with Crippen LogP contribution in [0, 0.1) is 0 Å². The minimum absolute atomic E-state index is 0.113. The highest BCUT2D eigenvalue weighted by Gasteiger charge is 2.11. The zero-order chi connectivity index (χ0) is 13.5. The van der Waals surface area contributed by atoms with Crippen molar-refractivity contribution in [1.29, 1.82) is 0 Å². The molecule has 1 aromatic heterocycles. The second kappa shape index (κ2) is 7.06. The average Bonchev–Trinajstić information content (AvgIpc) is 2.34. The monoisotopic (exact) mass is 265 g/mol. The highest BCUT2D eigenvalue weighted by Crippen LogP contribution is 2.18. The van der Waals surface area contributed by atoms with Crippen LogP contribution in [-0.4, -0.2) is 34.6 Å². The van der Waals surface area contributed by atoms with Gasteiger partial charge in [-0.15, -0.1) is 11.8 Å². The van der Waals surface area contributed by atoms with E-state index in [1.807, 2.05) is 19.9 Å². The number of pyridine rings is 1. The molecule has 1 amide bonds. The molecule has 0 atom stereocenters. The van der Waals surface area contributed by atoms with Crippen LogP contribution in [0.1, 0.15) is 13.8 Å². The summed E-state index contributed by atoms with van der Waals surface area (Å²) >= 11 is 1.47. The Morgan fingerprint density at radius 1 is 1.56 bits per heavy atom. The van der Waals surface area contributed by atoms with Gasteiger partial charge in [0.15, 0.2) is 0 Å². The molecule has 0 unspecified atom stereocenters. The van der Waals surface area contributed by atoms with Crippen molar-refractivity contribution in [2.45, 2.75) is 18.7 Å². The summed E-state index contributed by atoms with van der Waals surface area (Å²) in [5.74, 6) is 1.01. The lowest BCUT2D eigenvalue weighted by atomic mass is 10.3. The number of nitrogen functional groups attached to an aromatic ring is 1. The standard InChI is InChI=1S/C13H19N3OS/c1-4-16(8-10(2)3)13(17)9-18-11-5-6-12(14)15-7-11/h5-7H,2,4,8-9H2,1,3H3,(H2,14,15). The summed E-state index contributed by atoms with van der Waals surface area (Å²) in [5.41, 5.74) is 6.49. The predicted molar refractivity (Wildman–Crippen MR) is 76.4 cm³/mol. The largest absolute Gasteiger partial charge is 0.384 e. The Bertz CT molecular complexity index is 417. The van der Waals surface area contributed by atoms with Gasteiger partial charge in [0.1, 0.15) is 5.82 Å². The molecule has 18 heavy (non-hydrogen) atoms. The molecule has 0 saturated heterocycles. The first-order valence-corrected chi connectivity index (χ1v) is 6.78. The van der Waals surface area contributed by atoms with Gasteiger partial charge in [-0.25, -0.2) is 4.98 Å². The first kappa shape index (κ1) is 14.6. The summed E-state index contributed by atoms with van der Waals surface area (Å²) in [6.07, 6.45) is 1.68. The number of carbonyl (C=O) groups is 1. The Labute approximate surface area is 112 Å². The van der Waals surface area contributed by atoms with Crippen molar-refractivity contribution in [2.75, 3.05) is 24.6 Å². The molecule has 98 valence electrons. The number of likely N-dealkylation sites (N-methyl/N-ethyl adjacent to an activating group) is 1. The van der Waals surface area contributed by atoms with E-state index in [4.69, 9.17) is 5.73 Å². The van der Waals surface area contributed by atoms with Gasteiger partial charge in [0, 0.05) is 24.2 Å². The van der Waals surface area contributed by atoms with Crippen LogP contribution in [0.2, 0.25) is 0 Å². The molecule has 2 N–H and O–H groups in total. The van der Waals surface area contributed by atoms with Crippen LogP contribution < -0.4 is 5.73 Å². The molecule has 0 aromatic carbocycles. The van der Waals surface area contributed by atoms with Crippen molar-refractivity contribution < 1.29 is 4.79 Å². The third kappa shape index (κ3) is 4.79.